The molecular formula is C8H16O. The van der Waals surface area contributed by atoms with Crippen LogP contribution in [-0.2, 0) is 0 Å². The lowest BCUT2D eigenvalue weighted by molar-refractivity contribution is 0.182. The lowest BCUT2D eigenvalue weighted by Gasteiger charge is -1.99. The number of aliphatic hydroxyl groups excluding tert-OH is 1. The molecule has 1 atom stereocenters. The maximum atomic E-state index is 8.83. The third-order valence-electron chi connectivity index (χ3n) is 1.23. The van der Waals surface area contributed by atoms with Gasteiger partial charge in [0.25, 0.3) is 0 Å². The fourth-order valence-electron chi connectivity index (χ4n) is 0.698. The molecule has 0 radical (unpaired) electrons. The van der Waals surface area contributed by atoms with Crippen molar-refractivity contribution in [3.05, 3.63) is 12.2 Å². The molecule has 54 valence electrons. The van der Waals surface area contributed by atoms with Gasteiger partial charge in [-0.25, -0.2) is 0 Å². The van der Waals surface area contributed by atoms with Gasteiger partial charge in [-0.2, -0.15) is 0 Å². The van der Waals surface area contributed by atoms with Crippen LogP contribution < -0.4 is 0 Å². The van der Waals surface area contributed by atoms with Gasteiger partial charge >= 0.3 is 0 Å². The summed E-state index contributed by atoms with van der Waals surface area (Å²) in [7, 11) is 0. The SMILES string of the molecule is C/C=C/CCCC(C)O. The molecule has 0 aliphatic heterocycles. The summed E-state index contributed by atoms with van der Waals surface area (Å²) in [5.74, 6) is 0. The van der Waals surface area contributed by atoms with E-state index in [1.807, 2.05) is 19.9 Å². The Morgan fingerprint density at radius 1 is 1.56 bits per heavy atom. The van der Waals surface area contributed by atoms with Crippen molar-refractivity contribution in [2.24, 2.45) is 0 Å². The van der Waals surface area contributed by atoms with Crippen molar-refractivity contribution in [2.45, 2.75) is 39.2 Å². The second-order valence-corrected chi connectivity index (χ2v) is 2.35. The van der Waals surface area contributed by atoms with Crippen molar-refractivity contribution in [1.82, 2.24) is 0 Å². The number of hydrogen-bond donors (Lipinski definition) is 1. The number of hydrogen-bond acceptors (Lipinski definition) is 1. The molecule has 0 amide bonds. The van der Waals surface area contributed by atoms with Crippen molar-refractivity contribution in [1.29, 1.82) is 0 Å². The van der Waals surface area contributed by atoms with E-state index in [0.29, 0.717) is 0 Å². The van der Waals surface area contributed by atoms with E-state index in [9.17, 15) is 0 Å². The van der Waals surface area contributed by atoms with Crippen LogP contribution >= 0.6 is 0 Å². The zero-order valence-corrected chi connectivity index (χ0v) is 6.30. The molecule has 0 aromatic carbocycles. The van der Waals surface area contributed by atoms with Gasteiger partial charge in [0.2, 0.25) is 0 Å². The Labute approximate surface area is 57.4 Å². The summed E-state index contributed by atoms with van der Waals surface area (Å²) in [6, 6.07) is 0. The average Bonchev–Trinajstić information content (AvgIpc) is 1.80. The maximum Gasteiger partial charge on any atom is 0.0512 e. The van der Waals surface area contributed by atoms with E-state index in [1.165, 1.54) is 0 Å². The topological polar surface area (TPSA) is 20.2 Å². The minimum absolute atomic E-state index is 0.129. The Hall–Kier alpha value is -0.300. The lowest BCUT2D eigenvalue weighted by Crippen LogP contribution is -1.97. The highest BCUT2D eigenvalue weighted by molar-refractivity contribution is 4.76. The second kappa shape index (κ2) is 5.83. The molecule has 1 nitrogen and oxygen atoms in total. The minimum atomic E-state index is -0.129. The highest BCUT2D eigenvalue weighted by Gasteiger charge is 1.91. The monoisotopic (exact) mass is 128 g/mol. The summed E-state index contributed by atoms with van der Waals surface area (Å²) < 4.78 is 0. The molecule has 0 heterocycles. The molecule has 0 aliphatic rings. The Bertz CT molecular complexity index is 74.6. The van der Waals surface area contributed by atoms with Crippen molar-refractivity contribution in [2.75, 3.05) is 0 Å². The summed E-state index contributed by atoms with van der Waals surface area (Å²) in [4.78, 5) is 0. The van der Waals surface area contributed by atoms with E-state index < -0.39 is 0 Å². The maximum absolute atomic E-state index is 8.83. The predicted molar refractivity (Wildman–Crippen MR) is 40.3 cm³/mol. The van der Waals surface area contributed by atoms with Gasteiger partial charge in [-0.15, -0.1) is 0 Å². The van der Waals surface area contributed by atoms with Crippen molar-refractivity contribution < 1.29 is 5.11 Å². The summed E-state index contributed by atoms with van der Waals surface area (Å²) in [6.07, 6.45) is 7.16. The quantitative estimate of drug-likeness (QED) is 0.454. The minimum Gasteiger partial charge on any atom is -0.393 e. The Balaban J connectivity index is 2.91. The first-order valence-corrected chi connectivity index (χ1v) is 3.56. The molecule has 0 rings (SSSR count). The molecule has 0 fully saturated rings. The molecule has 0 aliphatic carbocycles. The number of allylic oxidation sites excluding steroid dienone is 2. The van der Waals surface area contributed by atoms with E-state index in [2.05, 4.69) is 6.08 Å². The number of aliphatic hydroxyl groups is 1. The molecule has 0 spiro atoms. The van der Waals surface area contributed by atoms with Crippen molar-refractivity contribution in [3.63, 3.8) is 0 Å². The second-order valence-electron chi connectivity index (χ2n) is 2.35. The third kappa shape index (κ3) is 7.70. The molecule has 0 aromatic heterocycles. The van der Waals surface area contributed by atoms with E-state index in [1.54, 1.807) is 0 Å². The van der Waals surface area contributed by atoms with Crippen LogP contribution in [0.2, 0.25) is 0 Å². The number of unbranched alkanes of at least 4 members (excludes halogenated alkanes) is 1. The fourth-order valence-corrected chi connectivity index (χ4v) is 0.698. The summed E-state index contributed by atoms with van der Waals surface area (Å²) >= 11 is 0. The summed E-state index contributed by atoms with van der Waals surface area (Å²) in [6.45, 7) is 3.85. The molecule has 0 saturated heterocycles. The third-order valence-corrected chi connectivity index (χ3v) is 1.23. The molecule has 1 unspecified atom stereocenters. The average molecular weight is 128 g/mol. The van der Waals surface area contributed by atoms with Gasteiger partial charge in [0.1, 0.15) is 0 Å². The molecule has 0 aromatic rings. The van der Waals surface area contributed by atoms with Gasteiger partial charge in [0.05, 0.1) is 6.10 Å². The van der Waals surface area contributed by atoms with Gasteiger partial charge in [-0.05, 0) is 33.1 Å². The molecule has 1 heteroatoms. The molecule has 0 saturated carbocycles. The largest absolute Gasteiger partial charge is 0.393 e. The fraction of sp³-hybridized carbons (Fsp3) is 0.750. The first kappa shape index (κ1) is 8.70. The van der Waals surface area contributed by atoms with E-state index >= 15 is 0 Å². The first-order chi connectivity index (χ1) is 4.27. The van der Waals surface area contributed by atoms with E-state index in [4.69, 9.17) is 5.11 Å². The van der Waals surface area contributed by atoms with Gasteiger partial charge in [-0.1, -0.05) is 12.2 Å². The van der Waals surface area contributed by atoms with Crippen LogP contribution in [0.3, 0.4) is 0 Å². The standard InChI is InChI=1S/C8H16O/c1-3-4-5-6-7-8(2)9/h3-4,8-9H,5-7H2,1-2H3/b4-3+. The van der Waals surface area contributed by atoms with E-state index in [-0.39, 0.29) is 6.10 Å². The van der Waals surface area contributed by atoms with Crippen LogP contribution in [-0.4, -0.2) is 11.2 Å². The van der Waals surface area contributed by atoms with Crippen molar-refractivity contribution in [3.8, 4) is 0 Å². The van der Waals surface area contributed by atoms with Gasteiger partial charge in [0, 0.05) is 0 Å². The summed E-state index contributed by atoms with van der Waals surface area (Å²) in [5, 5.41) is 8.83. The van der Waals surface area contributed by atoms with Crippen LogP contribution in [0.4, 0.5) is 0 Å². The normalized spacial score (nSPS) is 14.6. The van der Waals surface area contributed by atoms with Crippen LogP contribution in [0.15, 0.2) is 12.2 Å². The predicted octanol–water partition coefficient (Wildman–Crippen LogP) is 2.11. The molecular weight excluding hydrogens is 112 g/mol. The molecule has 0 bridgehead atoms. The van der Waals surface area contributed by atoms with Gasteiger partial charge in [-0.3, -0.25) is 0 Å². The highest BCUT2D eigenvalue weighted by atomic mass is 16.3. The van der Waals surface area contributed by atoms with Crippen LogP contribution in [0.25, 0.3) is 0 Å². The zero-order chi connectivity index (χ0) is 7.11. The smallest absolute Gasteiger partial charge is 0.0512 e. The summed E-state index contributed by atoms with van der Waals surface area (Å²) in [5.41, 5.74) is 0. The Morgan fingerprint density at radius 2 is 2.22 bits per heavy atom. The van der Waals surface area contributed by atoms with Gasteiger partial charge < -0.3 is 5.11 Å². The van der Waals surface area contributed by atoms with E-state index in [0.717, 1.165) is 19.3 Å². The number of rotatable bonds is 4. The van der Waals surface area contributed by atoms with Crippen LogP contribution in [0.5, 0.6) is 0 Å². The Kier molecular flexibility index (Phi) is 5.64. The Morgan fingerprint density at radius 3 is 2.67 bits per heavy atom. The van der Waals surface area contributed by atoms with Crippen LogP contribution in [0.1, 0.15) is 33.1 Å². The van der Waals surface area contributed by atoms with Gasteiger partial charge in [0.15, 0.2) is 0 Å². The molecule has 1 N–H and O–H groups in total. The molecule has 9 heavy (non-hydrogen) atoms. The highest BCUT2D eigenvalue weighted by Crippen LogP contribution is 1.99. The van der Waals surface area contributed by atoms with Crippen LogP contribution in [0, 0.1) is 0 Å². The lowest BCUT2D eigenvalue weighted by atomic mass is 10.2. The zero-order valence-electron chi connectivity index (χ0n) is 6.30. The first-order valence-electron chi connectivity index (χ1n) is 3.56. The van der Waals surface area contributed by atoms with Crippen molar-refractivity contribution >= 4 is 0 Å².